The Kier molecular flexibility index (Phi) is 4.78. The number of anilines is 1. The van der Waals surface area contributed by atoms with Gasteiger partial charge in [-0.05, 0) is 23.6 Å². The topological polar surface area (TPSA) is 50.9 Å². The van der Waals surface area contributed by atoms with E-state index in [4.69, 9.17) is 10.8 Å². The summed E-state index contributed by atoms with van der Waals surface area (Å²) >= 11 is 0. The normalized spacial score (nSPS) is 10.2. The highest BCUT2D eigenvalue weighted by Crippen LogP contribution is 2.30. The Morgan fingerprint density at radius 3 is 2.48 bits per heavy atom. The number of fused-ring (bicyclic) bond motifs is 1. The fraction of sp³-hybridized carbons (Fsp3) is 0.118. The maximum Gasteiger partial charge on any atom is 0.148 e. The molecule has 1 heterocycles. The monoisotopic (exact) mass is 299 g/mol. The van der Waals surface area contributed by atoms with Crippen LogP contribution in [-0.4, -0.2) is 4.98 Å². The van der Waals surface area contributed by atoms with Crippen molar-refractivity contribution in [1.29, 1.82) is 0 Å². The zero-order valence-electron chi connectivity index (χ0n) is 11.8. The lowest BCUT2D eigenvalue weighted by Gasteiger charge is -2.12. The van der Waals surface area contributed by atoms with Crippen LogP contribution in [-0.2, 0) is 6.42 Å². The molecule has 4 heteroatoms. The summed E-state index contributed by atoms with van der Waals surface area (Å²) < 4.78 is 0. The van der Waals surface area contributed by atoms with Crippen LogP contribution in [0.15, 0.2) is 54.6 Å². The maximum absolute atomic E-state index is 5.66. The largest absolute Gasteiger partial charge is 0.308 e. The van der Waals surface area contributed by atoms with E-state index in [2.05, 4.69) is 48.7 Å². The molecule has 3 N–H and O–H groups in total. The van der Waals surface area contributed by atoms with E-state index < -0.39 is 0 Å². The van der Waals surface area contributed by atoms with Gasteiger partial charge in [0.25, 0.3) is 0 Å². The molecule has 21 heavy (non-hydrogen) atoms. The van der Waals surface area contributed by atoms with Crippen molar-refractivity contribution in [3.63, 3.8) is 0 Å². The first-order chi connectivity index (χ1) is 9.83. The third kappa shape index (κ3) is 2.84. The molecule has 0 amide bonds. The minimum absolute atomic E-state index is 0. The minimum atomic E-state index is 0. The molecule has 0 fully saturated rings. The highest BCUT2D eigenvalue weighted by atomic mass is 35.5. The number of pyridine rings is 1. The Hall–Kier alpha value is -2.10. The number of para-hydroxylation sites is 1. The van der Waals surface area contributed by atoms with Crippen molar-refractivity contribution in [3.05, 3.63) is 60.2 Å². The van der Waals surface area contributed by atoms with Crippen molar-refractivity contribution < 1.29 is 0 Å². The van der Waals surface area contributed by atoms with E-state index in [0.717, 1.165) is 28.5 Å². The Labute approximate surface area is 130 Å². The van der Waals surface area contributed by atoms with Gasteiger partial charge in [0.15, 0.2) is 0 Å². The lowest BCUT2D eigenvalue weighted by molar-refractivity contribution is 1.14. The average molecular weight is 300 g/mol. The van der Waals surface area contributed by atoms with Crippen LogP contribution in [0.2, 0.25) is 0 Å². The van der Waals surface area contributed by atoms with Crippen LogP contribution in [0.1, 0.15) is 12.5 Å². The van der Waals surface area contributed by atoms with E-state index in [-0.39, 0.29) is 12.4 Å². The van der Waals surface area contributed by atoms with Gasteiger partial charge in [-0.15, -0.1) is 12.4 Å². The molecule has 2 aromatic carbocycles. The zero-order valence-corrected chi connectivity index (χ0v) is 12.7. The summed E-state index contributed by atoms with van der Waals surface area (Å²) in [6, 6.07) is 18.6. The summed E-state index contributed by atoms with van der Waals surface area (Å²) in [6.07, 6.45) is 0.957. The standard InChI is InChI=1S/C17H17N3.ClH/c1-2-12-9-6-10-14-11-15(13-7-4-3-5-8-13)17(20-18)19-16(12)14;/h3-11H,2,18H2,1H3,(H,19,20);1H. The second-order valence-corrected chi connectivity index (χ2v) is 4.74. The average Bonchev–Trinajstić information content (AvgIpc) is 2.53. The molecule has 3 aromatic rings. The number of hydrogen-bond donors (Lipinski definition) is 2. The molecule has 1 aromatic heterocycles. The number of aryl methyl sites for hydroxylation is 1. The molecule has 3 nitrogen and oxygen atoms in total. The molecule has 0 saturated heterocycles. The van der Waals surface area contributed by atoms with Crippen LogP contribution < -0.4 is 11.3 Å². The number of aromatic nitrogens is 1. The number of nitrogens with two attached hydrogens (primary N) is 1. The molecule has 0 radical (unpaired) electrons. The van der Waals surface area contributed by atoms with Gasteiger partial charge in [-0.2, -0.15) is 0 Å². The van der Waals surface area contributed by atoms with E-state index in [1.54, 1.807) is 0 Å². The van der Waals surface area contributed by atoms with Crippen molar-refractivity contribution >= 4 is 29.1 Å². The van der Waals surface area contributed by atoms with Crippen molar-refractivity contribution in [3.8, 4) is 11.1 Å². The Morgan fingerprint density at radius 1 is 1.05 bits per heavy atom. The molecule has 108 valence electrons. The highest BCUT2D eigenvalue weighted by molar-refractivity contribution is 5.91. The highest BCUT2D eigenvalue weighted by Gasteiger charge is 2.09. The van der Waals surface area contributed by atoms with E-state index in [0.29, 0.717) is 5.82 Å². The SMILES string of the molecule is CCc1cccc2cc(-c3ccccc3)c(NN)nc12.Cl. The smallest absolute Gasteiger partial charge is 0.148 e. The van der Waals surface area contributed by atoms with Gasteiger partial charge in [-0.3, -0.25) is 0 Å². The summed E-state index contributed by atoms with van der Waals surface area (Å²) in [5, 5.41) is 1.14. The van der Waals surface area contributed by atoms with Gasteiger partial charge in [-0.1, -0.05) is 55.5 Å². The van der Waals surface area contributed by atoms with E-state index >= 15 is 0 Å². The van der Waals surface area contributed by atoms with Gasteiger partial charge < -0.3 is 5.43 Å². The number of hydrazine groups is 1. The molecule has 0 atom stereocenters. The first kappa shape index (κ1) is 15.3. The summed E-state index contributed by atoms with van der Waals surface area (Å²) in [5.74, 6) is 6.37. The predicted octanol–water partition coefficient (Wildman–Crippen LogP) is 4.17. The van der Waals surface area contributed by atoms with E-state index in [1.807, 2.05) is 18.2 Å². The quantitative estimate of drug-likeness (QED) is 0.564. The van der Waals surface area contributed by atoms with E-state index in [1.165, 1.54) is 5.56 Å². The number of rotatable bonds is 3. The van der Waals surface area contributed by atoms with Crippen LogP contribution in [0.5, 0.6) is 0 Å². The molecule has 0 aliphatic heterocycles. The lowest BCUT2D eigenvalue weighted by Crippen LogP contribution is -2.10. The van der Waals surface area contributed by atoms with Crippen LogP contribution in [0, 0.1) is 0 Å². The first-order valence-electron chi connectivity index (χ1n) is 6.78. The Bertz CT molecular complexity index is 742. The molecular weight excluding hydrogens is 282 g/mol. The minimum Gasteiger partial charge on any atom is -0.308 e. The van der Waals surface area contributed by atoms with Crippen LogP contribution in [0.3, 0.4) is 0 Å². The summed E-state index contributed by atoms with van der Waals surface area (Å²) in [6.45, 7) is 2.14. The summed E-state index contributed by atoms with van der Waals surface area (Å²) in [5.41, 5.74) is 7.11. The maximum atomic E-state index is 5.66. The van der Waals surface area contributed by atoms with Gasteiger partial charge >= 0.3 is 0 Å². The Morgan fingerprint density at radius 2 is 1.81 bits per heavy atom. The number of benzene rings is 2. The lowest BCUT2D eigenvalue weighted by atomic mass is 10.0. The first-order valence-corrected chi connectivity index (χ1v) is 6.78. The molecule has 0 aliphatic carbocycles. The summed E-state index contributed by atoms with van der Waals surface area (Å²) in [7, 11) is 0. The third-order valence-electron chi connectivity index (χ3n) is 3.53. The second-order valence-electron chi connectivity index (χ2n) is 4.74. The van der Waals surface area contributed by atoms with Gasteiger partial charge in [0, 0.05) is 10.9 Å². The number of nitrogen functional groups attached to an aromatic ring is 1. The number of halogens is 1. The van der Waals surface area contributed by atoms with Gasteiger partial charge in [0.05, 0.1) is 5.52 Å². The molecule has 3 rings (SSSR count). The predicted molar refractivity (Wildman–Crippen MR) is 91.6 cm³/mol. The molecular formula is C17H18ClN3. The van der Waals surface area contributed by atoms with Crippen LogP contribution >= 0.6 is 12.4 Å². The van der Waals surface area contributed by atoms with Crippen LogP contribution in [0.4, 0.5) is 5.82 Å². The second kappa shape index (κ2) is 6.57. The fourth-order valence-electron chi connectivity index (χ4n) is 2.49. The van der Waals surface area contributed by atoms with Crippen molar-refractivity contribution in [2.75, 3.05) is 5.43 Å². The van der Waals surface area contributed by atoms with Crippen molar-refractivity contribution in [2.45, 2.75) is 13.3 Å². The molecule has 0 bridgehead atoms. The fourth-order valence-corrected chi connectivity index (χ4v) is 2.49. The number of nitrogens with zero attached hydrogens (tertiary/aromatic N) is 1. The molecule has 0 unspecified atom stereocenters. The zero-order chi connectivity index (χ0) is 13.9. The third-order valence-corrected chi connectivity index (χ3v) is 3.53. The van der Waals surface area contributed by atoms with E-state index in [9.17, 15) is 0 Å². The Balaban J connectivity index is 0.00000161. The van der Waals surface area contributed by atoms with Crippen molar-refractivity contribution in [1.82, 2.24) is 4.98 Å². The van der Waals surface area contributed by atoms with Gasteiger partial charge in [0.2, 0.25) is 0 Å². The summed E-state index contributed by atoms with van der Waals surface area (Å²) in [4.78, 5) is 4.70. The molecule has 0 aliphatic rings. The molecule has 0 saturated carbocycles. The van der Waals surface area contributed by atoms with Gasteiger partial charge in [-0.25, -0.2) is 10.8 Å². The van der Waals surface area contributed by atoms with Crippen LogP contribution in [0.25, 0.3) is 22.0 Å². The number of hydrogen-bond acceptors (Lipinski definition) is 3. The molecule has 0 spiro atoms. The van der Waals surface area contributed by atoms with Gasteiger partial charge in [0.1, 0.15) is 5.82 Å². The number of nitrogens with one attached hydrogen (secondary N) is 1. The van der Waals surface area contributed by atoms with Crippen molar-refractivity contribution in [2.24, 2.45) is 5.84 Å².